The summed E-state index contributed by atoms with van der Waals surface area (Å²) in [5, 5.41) is 2.06. The van der Waals surface area contributed by atoms with Crippen LogP contribution in [0.5, 0.6) is 0 Å². The van der Waals surface area contributed by atoms with Gasteiger partial charge in [-0.3, -0.25) is 4.90 Å². The Balaban J connectivity index is 1.52. The zero-order valence-electron chi connectivity index (χ0n) is 13.8. The first kappa shape index (κ1) is 16.6. The van der Waals surface area contributed by atoms with Crippen LogP contribution in [-0.4, -0.2) is 41.7 Å². The van der Waals surface area contributed by atoms with Gasteiger partial charge in [-0.2, -0.15) is 0 Å². The van der Waals surface area contributed by atoms with Gasteiger partial charge in [0.1, 0.15) is 0 Å². The number of hydrogen-bond donors (Lipinski definition) is 0. The van der Waals surface area contributed by atoms with Gasteiger partial charge >= 0.3 is 0 Å². The molecule has 1 unspecified atom stereocenters. The Morgan fingerprint density at radius 1 is 1.35 bits per heavy atom. The number of thiophene rings is 1. The minimum absolute atomic E-state index is 0.810. The summed E-state index contributed by atoms with van der Waals surface area (Å²) in [4.78, 5) is 12.7. The summed E-state index contributed by atoms with van der Waals surface area (Å²) in [7, 11) is 1.78. The van der Waals surface area contributed by atoms with Gasteiger partial charge in [-0.25, -0.2) is 9.97 Å². The molecule has 0 N–H and O–H groups in total. The van der Waals surface area contributed by atoms with Crippen molar-refractivity contribution in [2.75, 3.05) is 26.8 Å². The Hall–Kier alpha value is -1.30. The molecule has 0 spiro atoms. The molecule has 0 aromatic carbocycles. The molecular weight excluding hydrogens is 306 g/mol. The highest BCUT2D eigenvalue weighted by atomic mass is 32.1. The molecule has 1 saturated heterocycles. The molecule has 2 aromatic rings. The molecule has 124 valence electrons. The maximum Gasteiger partial charge on any atom is 0.169 e. The normalized spacial score (nSPS) is 19.1. The molecule has 5 heteroatoms. The highest BCUT2D eigenvalue weighted by Gasteiger charge is 2.19. The zero-order valence-corrected chi connectivity index (χ0v) is 14.6. The Morgan fingerprint density at radius 3 is 2.96 bits per heavy atom. The lowest BCUT2D eigenvalue weighted by Gasteiger charge is -2.32. The van der Waals surface area contributed by atoms with Gasteiger partial charge in [-0.1, -0.05) is 6.07 Å². The van der Waals surface area contributed by atoms with Crippen LogP contribution in [0.15, 0.2) is 29.9 Å². The molecule has 0 bridgehead atoms. The minimum Gasteiger partial charge on any atom is -0.385 e. The maximum atomic E-state index is 5.17. The van der Waals surface area contributed by atoms with Crippen LogP contribution in [0.2, 0.25) is 0 Å². The third-order valence-electron chi connectivity index (χ3n) is 4.42. The second-order valence-electron chi connectivity index (χ2n) is 6.27. The Morgan fingerprint density at radius 2 is 2.22 bits per heavy atom. The predicted molar refractivity (Wildman–Crippen MR) is 94.5 cm³/mol. The first-order valence-electron chi connectivity index (χ1n) is 8.41. The number of piperidine rings is 1. The van der Waals surface area contributed by atoms with Crippen LogP contribution in [0.25, 0.3) is 10.7 Å². The number of aromatic nitrogens is 2. The van der Waals surface area contributed by atoms with Crippen molar-refractivity contribution in [2.24, 2.45) is 5.92 Å². The lowest BCUT2D eigenvalue weighted by atomic mass is 9.93. The van der Waals surface area contributed by atoms with Gasteiger partial charge in [0.25, 0.3) is 0 Å². The van der Waals surface area contributed by atoms with Crippen molar-refractivity contribution in [3.8, 4) is 10.7 Å². The maximum absolute atomic E-state index is 5.17. The van der Waals surface area contributed by atoms with Gasteiger partial charge < -0.3 is 4.74 Å². The molecule has 1 atom stereocenters. The summed E-state index contributed by atoms with van der Waals surface area (Å²) in [6, 6.07) is 4.10. The highest BCUT2D eigenvalue weighted by Crippen LogP contribution is 2.23. The lowest BCUT2D eigenvalue weighted by molar-refractivity contribution is 0.142. The van der Waals surface area contributed by atoms with Crippen LogP contribution in [0.1, 0.15) is 31.2 Å². The van der Waals surface area contributed by atoms with Crippen LogP contribution in [0, 0.1) is 5.92 Å². The standard InChI is InChI=1S/C18H25N3OS/c1-22-9-3-6-15-5-2-8-21(13-15)14-16-11-19-18(20-12-16)17-7-4-10-23-17/h4,7,10-12,15H,2-3,5-6,8-9,13-14H2,1H3. The van der Waals surface area contributed by atoms with Gasteiger partial charge in [-0.05, 0) is 49.6 Å². The Labute approximate surface area is 142 Å². The van der Waals surface area contributed by atoms with E-state index >= 15 is 0 Å². The van der Waals surface area contributed by atoms with E-state index in [2.05, 4.69) is 26.3 Å². The zero-order chi connectivity index (χ0) is 15.9. The second-order valence-corrected chi connectivity index (χ2v) is 7.22. The van der Waals surface area contributed by atoms with E-state index in [-0.39, 0.29) is 0 Å². The summed E-state index contributed by atoms with van der Waals surface area (Å²) in [6.45, 7) is 4.23. The molecule has 1 fully saturated rings. The van der Waals surface area contributed by atoms with Crippen LogP contribution < -0.4 is 0 Å². The average Bonchev–Trinajstić information content (AvgIpc) is 3.11. The number of hydrogen-bond acceptors (Lipinski definition) is 5. The van der Waals surface area contributed by atoms with E-state index in [1.54, 1.807) is 18.4 Å². The lowest BCUT2D eigenvalue weighted by Crippen LogP contribution is -2.35. The molecule has 23 heavy (non-hydrogen) atoms. The fraction of sp³-hybridized carbons (Fsp3) is 0.556. The van der Waals surface area contributed by atoms with Gasteiger partial charge in [0, 0.05) is 44.8 Å². The van der Waals surface area contributed by atoms with E-state index in [4.69, 9.17) is 4.74 Å². The quantitative estimate of drug-likeness (QED) is 0.723. The van der Waals surface area contributed by atoms with Crippen molar-refractivity contribution in [1.82, 2.24) is 14.9 Å². The third kappa shape index (κ3) is 4.83. The van der Waals surface area contributed by atoms with Crippen molar-refractivity contribution in [1.29, 1.82) is 0 Å². The summed E-state index contributed by atoms with van der Waals surface area (Å²) >= 11 is 1.68. The molecule has 0 radical (unpaired) electrons. The fourth-order valence-corrected chi connectivity index (χ4v) is 3.95. The molecule has 0 saturated carbocycles. The number of rotatable bonds is 7. The van der Waals surface area contributed by atoms with Gasteiger partial charge in [0.2, 0.25) is 0 Å². The van der Waals surface area contributed by atoms with E-state index in [0.29, 0.717) is 0 Å². The highest BCUT2D eigenvalue weighted by molar-refractivity contribution is 7.13. The van der Waals surface area contributed by atoms with Crippen molar-refractivity contribution in [2.45, 2.75) is 32.2 Å². The van der Waals surface area contributed by atoms with Crippen LogP contribution in [0.4, 0.5) is 0 Å². The summed E-state index contributed by atoms with van der Waals surface area (Å²) in [5.41, 5.74) is 1.21. The average molecular weight is 331 g/mol. The third-order valence-corrected chi connectivity index (χ3v) is 5.28. The van der Waals surface area contributed by atoms with Gasteiger partial charge in [0.15, 0.2) is 5.82 Å². The smallest absolute Gasteiger partial charge is 0.169 e. The fourth-order valence-electron chi connectivity index (χ4n) is 3.27. The first-order valence-corrected chi connectivity index (χ1v) is 9.29. The van der Waals surface area contributed by atoms with Crippen LogP contribution in [-0.2, 0) is 11.3 Å². The second kappa shape index (κ2) is 8.52. The molecule has 2 aromatic heterocycles. The van der Waals surface area contributed by atoms with Crippen LogP contribution in [0.3, 0.4) is 0 Å². The topological polar surface area (TPSA) is 38.2 Å². The number of methoxy groups -OCH3 is 1. The number of nitrogens with zero attached hydrogens (tertiary/aromatic N) is 3. The molecule has 0 aliphatic carbocycles. The SMILES string of the molecule is COCCCC1CCCN(Cc2cnc(-c3cccs3)nc2)C1. The van der Waals surface area contributed by atoms with E-state index in [1.165, 1.54) is 44.3 Å². The van der Waals surface area contributed by atoms with E-state index in [1.807, 2.05) is 18.5 Å². The van der Waals surface area contributed by atoms with Crippen molar-refractivity contribution in [3.63, 3.8) is 0 Å². The Kier molecular flexibility index (Phi) is 6.13. The van der Waals surface area contributed by atoms with Crippen molar-refractivity contribution >= 4 is 11.3 Å². The minimum atomic E-state index is 0.810. The molecular formula is C18H25N3OS. The summed E-state index contributed by atoms with van der Waals surface area (Å²) < 4.78 is 5.17. The van der Waals surface area contributed by atoms with Crippen LogP contribution >= 0.6 is 11.3 Å². The summed E-state index contributed by atoms with van der Waals surface area (Å²) in [6.07, 6.45) is 9.07. The van der Waals surface area contributed by atoms with E-state index in [0.717, 1.165) is 29.8 Å². The molecule has 1 aliphatic heterocycles. The van der Waals surface area contributed by atoms with E-state index < -0.39 is 0 Å². The first-order chi connectivity index (χ1) is 11.3. The monoisotopic (exact) mass is 331 g/mol. The molecule has 3 heterocycles. The Bertz CT molecular complexity index is 570. The molecule has 4 nitrogen and oxygen atoms in total. The van der Waals surface area contributed by atoms with E-state index in [9.17, 15) is 0 Å². The molecule has 3 rings (SSSR count). The van der Waals surface area contributed by atoms with Crippen molar-refractivity contribution in [3.05, 3.63) is 35.5 Å². The number of likely N-dealkylation sites (tertiary alicyclic amines) is 1. The van der Waals surface area contributed by atoms with Gasteiger partial charge in [0.05, 0.1) is 4.88 Å². The van der Waals surface area contributed by atoms with Crippen molar-refractivity contribution < 1.29 is 4.74 Å². The predicted octanol–water partition coefficient (Wildman–Crippen LogP) is 3.84. The largest absolute Gasteiger partial charge is 0.385 e. The van der Waals surface area contributed by atoms with Gasteiger partial charge in [-0.15, -0.1) is 11.3 Å². The summed E-state index contributed by atoms with van der Waals surface area (Å²) in [5.74, 6) is 1.64. The molecule has 0 amide bonds. The molecule has 1 aliphatic rings. The number of ether oxygens (including phenoxy) is 1.